The Balaban J connectivity index is 2.27. The Morgan fingerprint density at radius 1 is 1.22 bits per heavy atom. The Kier molecular flexibility index (Phi) is 1.97. The number of para-hydroxylation sites is 1. The molecule has 0 bridgehead atoms. The number of aromatic nitrogens is 3. The van der Waals surface area contributed by atoms with Crippen LogP contribution in [0.1, 0.15) is 26.5 Å². The summed E-state index contributed by atoms with van der Waals surface area (Å²) in [5.74, 6) is -1.64. The molecule has 1 aromatic heterocycles. The van der Waals surface area contributed by atoms with Crippen LogP contribution in [-0.2, 0) is 4.74 Å². The topological polar surface area (TPSA) is 97.9 Å². The number of hydrogen-bond donors (Lipinski definition) is 0. The number of carbonyl (C=O) groups is 2. The minimum absolute atomic E-state index is 0.0531. The van der Waals surface area contributed by atoms with Crippen LogP contribution in [0.25, 0.3) is 5.69 Å². The number of carbonyl (C=O) groups excluding carboxylic acids is 2. The maximum Gasteiger partial charge on any atom is 0.369 e. The molecule has 7 nitrogen and oxygen atoms in total. The van der Waals surface area contributed by atoms with Crippen LogP contribution in [0.15, 0.2) is 24.3 Å². The van der Waals surface area contributed by atoms with Crippen LogP contribution >= 0.6 is 0 Å². The Morgan fingerprint density at radius 2 is 2.00 bits per heavy atom. The third kappa shape index (κ3) is 1.23. The van der Waals surface area contributed by atoms with Gasteiger partial charge in [-0.05, 0) is 12.1 Å². The molecule has 0 amide bonds. The monoisotopic (exact) mass is 240 g/mol. The number of rotatable bonds is 1. The fourth-order valence-corrected chi connectivity index (χ4v) is 1.70. The van der Waals surface area contributed by atoms with Gasteiger partial charge in [0.15, 0.2) is 5.69 Å². The van der Waals surface area contributed by atoms with E-state index in [1.165, 1.54) is 0 Å². The van der Waals surface area contributed by atoms with Crippen LogP contribution < -0.4 is 0 Å². The highest BCUT2D eigenvalue weighted by Crippen LogP contribution is 2.22. The van der Waals surface area contributed by atoms with Crippen molar-refractivity contribution in [3.05, 3.63) is 41.2 Å². The Morgan fingerprint density at radius 3 is 2.78 bits per heavy atom. The average Bonchev–Trinajstić information content (AvgIpc) is 2.93. The predicted molar refractivity (Wildman–Crippen MR) is 55.8 cm³/mol. The van der Waals surface area contributed by atoms with Gasteiger partial charge in [-0.25, -0.2) is 14.3 Å². The first kappa shape index (κ1) is 10.2. The van der Waals surface area contributed by atoms with Gasteiger partial charge in [0.1, 0.15) is 6.07 Å². The standard InChI is InChI=1S/C11H4N4O3/c12-5-6-3-1-2-4-7(6)15-9-8(13-14-15)10(16)18-11(9)17/h1-4H. The molecule has 0 unspecified atom stereocenters. The SMILES string of the molecule is N#Cc1ccccc1-n1nnc2c1C(=O)OC2=O. The number of nitrogens with zero attached hydrogens (tertiary/aromatic N) is 4. The molecular formula is C11H4N4O3. The van der Waals surface area contributed by atoms with E-state index in [0.717, 1.165) is 4.68 Å². The van der Waals surface area contributed by atoms with Crippen LogP contribution in [0, 0.1) is 11.3 Å². The fourth-order valence-electron chi connectivity index (χ4n) is 1.70. The van der Waals surface area contributed by atoms with E-state index < -0.39 is 11.9 Å². The molecule has 0 N–H and O–H groups in total. The van der Waals surface area contributed by atoms with Gasteiger partial charge in [-0.15, -0.1) is 5.10 Å². The minimum Gasteiger partial charge on any atom is -0.383 e. The first-order valence-electron chi connectivity index (χ1n) is 4.94. The van der Waals surface area contributed by atoms with Crippen molar-refractivity contribution in [1.82, 2.24) is 15.0 Å². The van der Waals surface area contributed by atoms with Crippen LogP contribution in [0.5, 0.6) is 0 Å². The highest BCUT2D eigenvalue weighted by atomic mass is 16.6. The number of fused-ring (bicyclic) bond motifs is 1. The van der Waals surface area contributed by atoms with Gasteiger partial charge in [0, 0.05) is 0 Å². The highest BCUT2D eigenvalue weighted by molar-refractivity contribution is 6.12. The van der Waals surface area contributed by atoms with Crippen LogP contribution in [0.2, 0.25) is 0 Å². The maximum atomic E-state index is 11.5. The molecule has 18 heavy (non-hydrogen) atoms. The smallest absolute Gasteiger partial charge is 0.369 e. The largest absolute Gasteiger partial charge is 0.383 e. The third-order valence-corrected chi connectivity index (χ3v) is 2.50. The zero-order valence-corrected chi connectivity index (χ0v) is 8.82. The van der Waals surface area contributed by atoms with Crippen molar-refractivity contribution in [2.75, 3.05) is 0 Å². The second-order valence-electron chi connectivity index (χ2n) is 3.50. The van der Waals surface area contributed by atoms with Gasteiger partial charge in [-0.2, -0.15) is 5.26 Å². The number of ether oxygens (including phenoxy) is 1. The second-order valence-corrected chi connectivity index (χ2v) is 3.50. The molecular weight excluding hydrogens is 236 g/mol. The molecule has 1 aliphatic heterocycles. The van der Waals surface area contributed by atoms with Crippen LogP contribution in [0.3, 0.4) is 0 Å². The lowest BCUT2D eigenvalue weighted by molar-refractivity contribution is 0.0434. The fraction of sp³-hybridized carbons (Fsp3) is 0. The van der Waals surface area contributed by atoms with Gasteiger partial charge < -0.3 is 4.74 Å². The minimum atomic E-state index is -0.823. The van der Waals surface area contributed by atoms with E-state index in [9.17, 15) is 9.59 Å². The Hall–Kier alpha value is -3.01. The second kappa shape index (κ2) is 3.49. The zero-order valence-electron chi connectivity index (χ0n) is 8.82. The molecule has 0 fully saturated rings. The average molecular weight is 240 g/mol. The van der Waals surface area contributed by atoms with E-state index in [-0.39, 0.29) is 11.4 Å². The number of cyclic esters (lactones) is 2. The quantitative estimate of drug-likeness (QED) is 0.530. The molecule has 0 saturated carbocycles. The molecule has 2 heterocycles. The maximum absolute atomic E-state index is 11.5. The number of nitriles is 1. The van der Waals surface area contributed by atoms with E-state index in [4.69, 9.17) is 5.26 Å². The summed E-state index contributed by atoms with van der Waals surface area (Å²) in [7, 11) is 0. The van der Waals surface area contributed by atoms with E-state index >= 15 is 0 Å². The molecule has 3 rings (SSSR count). The van der Waals surface area contributed by atoms with Crippen molar-refractivity contribution in [3.63, 3.8) is 0 Å². The predicted octanol–water partition coefficient (Wildman–Crippen LogP) is 0.450. The molecule has 0 radical (unpaired) electrons. The van der Waals surface area contributed by atoms with E-state index in [2.05, 4.69) is 15.0 Å². The molecule has 0 saturated heterocycles. The van der Waals surface area contributed by atoms with Crippen LogP contribution in [-0.4, -0.2) is 26.9 Å². The number of benzene rings is 1. The molecule has 1 aliphatic rings. The number of esters is 2. The van der Waals surface area contributed by atoms with E-state index in [0.29, 0.717) is 11.3 Å². The van der Waals surface area contributed by atoms with Gasteiger partial charge in [0.25, 0.3) is 0 Å². The molecule has 0 aliphatic carbocycles. The molecule has 7 heteroatoms. The summed E-state index contributed by atoms with van der Waals surface area (Å²) in [5, 5.41) is 16.3. The van der Waals surface area contributed by atoms with Crippen LogP contribution in [0.4, 0.5) is 0 Å². The summed E-state index contributed by atoms with van der Waals surface area (Å²) in [4.78, 5) is 22.8. The summed E-state index contributed by atoms with van der Waals surface area (Å²) in [6.07, 6.45) is 0. The summed E-state index contributed by atoms with van der Waals surface area (Å²) in [6.45, 7) is 0. The van der Waals surface area contributed by atoms with Gasteiger partial charge in [0.2, 0.25) is 5.69 Å². The summed E-state index contributed by atoms with van der Waals surface area (Å²) in [6, 6.07) is 8.52. The zero-order chi connectivity index (χ0) is 12.7. The Bertz CT molecular complexity index is 726. The van der Waals surface area contributed by atoms with E-state index in [1.807, 2.05) is 6.07 Å². The highest BCUT2D eigenvalue weighted by Gasteiger charge is 2.37. The normalized spacial score (nSPS) is 13.1. The molecule has 86 valence electrons. The summed E-state index contributed by atoms with van der Waals surface area (Å²) < 4.78 is 5.56. The van der Waals surface area contributed by atoms with E-state index in [1.54, 1.807) is 24.3 Å². The van der Waals surface area contributed by atoms with Crippen molar-refractivity contribution < 1.29 is 14.3 Å². The van der Waals surface area contributed by atoms with Gasteiger partial charge in [-0.1, -0.05) is 17.3 Å². The summed E-state index contributed by atoms with van der Waals surface area (Å²) in [5.41, 5.74) is 0.508. The molecule has 2 aromatic rings. The molecule has 0 atom stereocenters. The lowest BCUT2D eigenvalue weighted by Crippen LogP contribution is -2.09. The van der Waals surface area contributed by atoms with Crippen molar-refractivity contribution in [3.8, 4) is 11.8 Å². The number of hydrogen-bond acceptors (Lipinski definition) is 6. The van der Waals surface area contributed by atoms with Gasteiger partial charge in [-0.3, -0.25) is 0 Å². The summed E-state index contributed by atoms with van der Waals surface area (Å²) >= 11 is 0. The lowest BCUT2D eigenvalue weighted by Gasteiger charge is -2.03. The van der Waals surface area contributed by atoms with Gasteiger partial charge in [0.05, 0.1) is 11.3 Å². The van der Waals surface area contributed by atoms with Gasteiger partial charge >= 0.3 is 11.9 Å². The van der Waals surface area contributed by atoms with Crippen molar-refractivity contribution in [2.45, 2.75) is 0 Å². The molecule has 1 aromatic carbocycles. The van der Waals surface area contributed by atoms with Crippen molar-refractivity contribution >= 4 is 11.9 Å². The molecule has 0 spiro atoms. The van der Waals surface area contributed by atoms with Crippen molar-refractivity contribution in [2.24, 2.45) is 0 Å². The lowest BCUT2D eigenvalue weighted by atomic mass is 10.2. The first-order chi connectivity index (χ1) is 8.72. The third-order valence-electron chi connectivity index (χ3n) is 2.50. The Labute approximate surface area is 100 Å². The first-order valence-corrected chi connectivity index (χ1v) is 4.94. The van der Waals surface area contributed by atoms with Crippen molar-refractivity contribution in [1.29, 1.82) is 5.26 Å².